The Morgan fingerprint density at radius 2 is 1.00 bits per heavy atom. The van der Waals surface area contributed by atoms with Gasteiger partial charge in [0.05, 0.1) is 14.2 Å². The number of Topliss-reactive ketones (excluding diaryl/α,β-unsaturated/α-hetero) is 2. The van der Waals surface area contributed by atoms with Crippen molar-refractivity contribution in [1.29, 1.82) is 0 Å². The van der Waals surface area contributed by atoms with E-state index in [9.17, 15) is 19.2 Å². The third kappa shape index (κ3) is 3.78. The zero-order valence-corrected chi connectivity index (χ0v) is 22.6. The number of anilines is 2. The van der Waals surface area contributed by atoms with E-state index in [2.05, 4.69) is 0 Å². The van der Waals surface area contributed by atoms with Crippen LogP contribution in [0.3, 0.4) is 0 Å². The molecule has 0 aliphatic carbocycles. The highest BCUT2D eigenvalue weighted by Gasteiger charge is 2.65. The zero-order chi connectivity index (χ0) is 26.4. The standard InChI is InChI=1S/C26H28N2O6S2/c1-15(29)25(3)21(23(31)27(25)17-7-11-19(33-5)12-8-17)35-36-22-24(32)28(26(22,4)16(2)30)18-9-13-20(34-6)14-10-18/h7-14,21-22H,1-6H3/t21-,22-,25-,26-/m1/s1. The molecule has 10 heteroatoms. The summed E-state index contributed by atoms with van der Waals surface area (Å²) in [5.41, 5.74) is -0.977. The molecule has 2 amide bonds. The molecule has 2 fully saturated rings. The second-order valence-corrected chi connectivity index (χ2v) is 11.6. The summed E-state index contributed by atoms with van der Waals surface area (Å²) in [5, 5.41) is -1.39. The number of carbonyl (C=O) groups is 4. The Morgan fingerprint density at radius 1 is 0.694 bits per heavy atom. The Hall–Kier alpha value is -2.98. The maximum absolute atomic E-state index is 13.2. The lowest BCUT2D eigenvalue weighted by Gasteiger charge is -2.56. The quantitative estimate of drug-likeness (QED) is 0.357. The highest BCUT2D eigenvalue weighted by Crippen LogP contribution is 2.54. The Balaban J connectivity index is 1.54. The first-order valence-electron chi connectivity index (χ1n) is 11.3. The van der Waals surface area contributed by atoms with Gasteiger partial charge in [-0.2, -0.15) is 0 Å². The molecular formula is C26H28N2O6S2. The maximum atomic E-state index is 13.2. The van der Waals surface area contributed by atoms with E-state index in [1.165, 1.54) is 45.2 Å². The number of carbonyl (C=O) groups excluding carboxylic acids is 4. The van der Waals surface area contributed by atoms with Crippen molar-refractivity contribution in [3.8, 4) is 11.5 Å². The summed E-state index contributed by atoms with van der Waals surface area (Å²) in [6.07, 6.45) is 0. The molecule has 2 aromatic rings. The van der Waals surface area contributed by atoms with Crippen molar-refractivity contribution in [1.82, 2.24) is 0 Å². The first-order chi connectivity index (χ1) is 17.0. The fourth-order valence-electron chi connectivity index (χ4n) is 4.59. The molecule has 8 nitrogen and oxygen atoms in total. The summed E-state index contributed by atoms with van der Waals surface area (Å²) in [6.45, 7) is 6.38. The maximum Gasteiger partial charge on any atom is 0.244 e. The topological polar surface area (TPSA) is 93.2 Å². The van der Waals surface area contributed by atoms with Crippen LogP contribution < -0.4 is 19.3 Å². The van der Waals surface area contributed by atoms with Crippen molar-refractivity contribution in [3.63, 3.8) is 0 Å². The monoisotopic (exact) mass is 528 g/mol. The van der Waals surface area contributed by atoms with Crippen LogP contribution in [0.1, 0.15) is 27.7 Å². The molecule has 4 rings (SSSR count). The molecule has 2 heterocycles. The smallest absolute Gasteiger partial charge is 0.244 e. The van der Waals surface area contributed by atoms with E-state index in [0.717, 1.165) is 0 Å². The van der Waals surface area contributed by atoms with Gasteiger partial charge in [0.1, 0.15) is 33.1 Å². The Morgan fingerprint density at radius 3 is 1.25 bits per heavy atom. The van der Waals surface area contributed by atoms with Crippen molar-refractivity contribution in [2.45, 2.75) is 49.3 Å². The number of nitrogens with zero attached hydrogens (tertiary/aromatic N) is 2. The predicted molar refractivity (Wildman–Crippen MR) is 142 cm³/mol. The van der Waals surface area contributed by atoms with Crippen molar-refractivity contribution >= 4 is 56.3 Å². The molecule has 2 aliphatic rings. The molecule has 0 unspecified atom stereocenters. The Kier molecular flexibility index (Phi) is 6.87. The van der Waals surface area contributed by atoms with Gasteiger partial charge in [-0.3, -0.25) is 29.0 Å². The van der Waals surface area contributed by atoms with Crippen LogP contribution in [-0.4, -0.2) is 59.2 Å². The first kappa shape index (κ1) is 26.1. The summed E-state index contributed by atoms with van der Waals surface area (Å²) in [7, 11) is 5.48. The van der Waals surface area contributed by atoms with Crippen LogP contribution in [0, 0.1) is 0 Å². The first-order valence-corrected chi connectivity index (χ1v) is 13.6. The second kappa shape index (κ2) is 9.48. The highest BCUT2D eigenvalue weighted by atomic mass is 33.1. The predicted octanol–water partition coefficient (Wildman–Crippen LogP) is 3.91. The minimum Gasteiger partial charge on any atom is -0.497 e. The summed E-state index contributed by atoms with van der Waals surface area (Å²) in [4.78, 5) is 54.9. The number of β-lactam (4-membered cyclic amide) rings is 2. The number of ether oxygens (including phenoxy) is 2. The third-order valence-electron chi connectivity index (χ3n) is 7.17. The van der Waals surface area contributed by atoms with E-state index in [0.29, 0.717) is 22.9 Å². The van der Waals surface area contributed by atoms with Crippen molar-refractivity contribution < 1.29 is 28.7 Å². The van der Waals surface area contributed by atoms with E-state index in [-0.39, 0.29) is 23.4 Å². The fourth-order valence-corrected chi connectivity index (χ4v) is 8.39. The van der Waals surface area contributed by atoms with Gasteiger partial charge in [-0.1, -0.05) is 21.6 Å². The van der Waals surface area contributed by atoms with Crippen LogP contribution in [-0.2, 0) is 19.2 Å². The van der Waals surface area contributed by atoms with Crippen molar-refractivity contribution in [3.05, 3.63) is 48.5 Å². The van der Waals surface area contributed by atoms with E-state index in [1.807, 2.05) is 0 Å². The molecule has 0 spiro atoms. The molecule has 190 valence electrons. The van der Waals surface area contributed by atoms with Gasteiger partial charge in [0.15, 0.2) is 11.6 Å². The van der Waals surface area contributed by atoms with Crippen LogP contribution in [0.4, 0.5) is 11.4 Å². The van der Waals surface area contributed by atoms with Gasteiger partial charge in [0, 0.05) is 11.4 Å². The van der Waals surface area contributed by atoms with E-state index in [4.69, 9.17) is 9.47 Å². The Bertz CT molecular complexity index is 1120. The number of benzene rings is 2. The van der Waals surface area contributed by atoms with Gasteiger partial charge in [-0.25, -0.2) is 0 Å². The molecule has 2 saturated heterocycles. The molecule has 0 bridgehead atoms. The largest absolute Gasteiger partial charge is 0.497 e. The van der Waals surface area contributed by atoms with Crippen molar-refractivity contribution in [2.24, 2.45) is 0 Å². The van der Waals surface area contributed by atoms with Gasteiger partial charge in [0.25, 0.3) is 0 Å². The van der Waals surface area contributed by atoms with Crippen LogP contribution in [0.15, 0.2) is 48.5 Å². The molecular weight excluding hydrogens is 500 g/mol. The molecule has 0 aromatic heterocycles. The van der Waals surface area contributed by atoms with Gasteiger partial charge in [-0.15, -0.1) is 0 Å². The number of hydrogen-bond acceptors (Lipinski definition) is 8. The van der Waals surface area contributed by atoms with E-state index in [1.54, 1.807) is 76.6 Å². The number of ketones is 2. The van der Waals surface area contributed by atoms with Crippen LogP contribution >= 0.6 is 21.6 Å². The van der Waals surface area contributed by atoms with Crippen molar-refractivity contribution in [2.75, 3.05) is 24.0 Å². The summed E-state index contributed by atoms with van der Waals surface area (Å²) in [5.74, 6) is 0.518. The van der Waals surface area contributed by atoms with Crippen LogP contribution in [0.2, 0.25) is 0 Å². The summed E-state index contributed by atoms with van der Waals surface area (Å²) in [6, 6.07) is 13.9. The summed E-state index contributed by atoms with van der Waals surface area (Å²) < 4.78 is 10.4. The molecule has 4 atom stereocenters. The minimum atomic E-state index is -1.08. The SMILES string of the molecule is COc1ccc(N2C(=O)[C@@H](SS[C@@H]3C(=O)N(c4ccc(OC)cc4)[C@]3(C)C(C)=O)[C@@]2(C)C(C)=O)cc1. The minimum absolute atomic E-state index is 0.162. The molecule has 36 heavy (non-hydrogen) atoms. The average molecular weight is 529 g/mol. The number of amides is 2. The van der Waals surface area contributed by atoms with Crippen LogP contribution in [0.25, 0.3) is 0 Å². The molecule has 2 aromatic carbocycles. The van der Waals surface area contributed by atoms with Gasteiger partial charge in [-0.05, 0) is 76.2 Å². The van der Waals surface area contributed by atoms with Crippen LogP contribution in [0.5, 0.6) is 11.5 Å². The lowest BCUT2D eigenvalue weighted by Crippen LogP contribution is -2.76. The van der Waals surface area contributed by atoms with Gasteiger partial charge in [0.2, 0.25) is 11.8 Å². The van der Waals surface area contributed by atoms with E-state index >= 15 is 0 Å². The third-order valence-corrected chi connectivity index (χ3v) is 10.5. The van der Waals surface area contributed by atoms with Gasteiger partial charge < -0.3 is 9.47 Å². The second-order valence-electron chi connectivity index (χ2n) is 9.10. The van der Waals surface area contributed by atoms with Gasteiger partial charge >= 0.3 is 0 Å². The number of rotatable bonds is 9. The number of hydrogen-bond donors (Lipinski definition) is 0. The highest BCUT2D eigenvalue weighted by molar-refractivity contribution is 8.77. The molecule has 2 aliphatic heterocycles. The Labute approximate surface area is 218 Å². The van der Waals surface area contributed by atoms with E-state index < -0.39 is 21.6 Å². The fraction of sp³-hybridized carbons (Fsp3) is 0.385. The zero-order valence-electron chi connectivity index (χ0n) is 20.9. The lowest BCUT2D eigenvalue weighted by molar-refractivity contribution is -0.135. The average Bonchev–Trinajstić information content (AvgIpc) is 2.87. The molecule has 0 saturated carbocycles. The number of methoxy groups -OCH3 is 2. The summed E-state index contributed by atoms with van der Waals surface area (Å²) >= 11 is 0. The normalized spacial score (nSPS) is 27.3. The molecule has 0 N–H and O–H groups in total. The lowest BCUT2D eigenvalue weighted by atomic mass is 9.81. The molecule has 0 radical (unpaired) electrons.